The zero-order valence-corrected chi connectivity index (χ0v) is 11.8. The van der Waals surface area contributed by atoms with Crippen molar-refractivity contribution >= 4 is 29.4 Å². The van der Waals surface area contributed by atoms with Gasteiger partial charge in [0.25, 0.3) is 0 Å². The number of halogens is 4. The second kappa shape index (κ2) is 7.26. The monoisotopic (exact) mass is 320 g/mol. The van der Waals surface area contributed by atoms with Crippen LogP contribution in [0.2, 0.25) is 0 Å². The minimum Gasteiger partial charge on any atom is -0.462 e. The summed E-state index contributed by atoms with van der Waals surface area (Å²) in [5, 5.41) is 0. The third-order valence-corrected chi connectivity index (χ3v) is 2.73. The lowest BCUT2D eigenvalue weighted by Crippen LogP contribution is -2.17. The third-order valence-electron chi connectivity index (χ3n) is 2.48. The molecule has 0 unspecified atom stereocenters. The number of hydrogen-bond acceptors (Lipinski definition) is 3. The summed E-state index contributed by atoms with van der Waals surface area (Å²) < 4.78 is 43.3. The first-order valence-electron chi connectivity index (χ1n) is 5.95. The Kier molecular flexibility index (Phi) is 5.96. The van der Waals surface area contributed by atoms with Gasteiger partial charge < -0.3 is 4.74 Å². The van der Waals surface area contributed by atoms with E-state index < -0.39 is 34.9 Å². The minimum atomic E-state index is -4.60. The van der Waals surface area contributed by atoms with Crippen LogP contribution in [0.15, 0.2) is 29.8 Å². The van der Waals surface area contributed by atoms with Gasteiger partial charge in [-0.3, -0.25) is 4.79 Å². The highest BCUT2D eigenvalue weighted by Gasteiger charge is 2.33. The number of Topliss-reactive ketones (excluding diaryl/α,β-unsaturated/α-hetero) is 1. The summed E-state index contributed by atoms with van der Waals surface area (Å²) in [7, 11) is 0. The van der Waals surface area contributed by atoms with E-state index >= 15 is 0 Å². The summed E-state index contributed by atoms with van der Waals surface area (Å²) in [5.41, 5.74) is -1.76. The lowest BCUT2D eigenvalue weighted by molar-refractivity contribution is -0.140. The highest BCUT2D eigenvalue weighted by atomic mass is 35.5. The normalized spacial score (nSPS) is 12.1. The van der Waals surface area contributed by atoms with Crippen molar-refractivity contribution in [3.63, 3.8) is 0 Å². The number of benzene rings is 1. The molecule has 1 rings (SSSR count). The van der Waals surface area contributed by atoms with Crippen LogP contribution in [-0.4, -0.2) is 24.2 Å². The van der Waals surface area contributed by atoms with E-state index in [0.29, 0.717) is 0 Å². The molecule has 21 heavy (non-hydrogen) atoms. The average Bonchev–Trinajstić information content (AvgIpc) is 2.43. The molecule has 0 aromatic heterocycles. The van der Waals surface area contributed by atoms with Gasteiger partial charge in [-0.2, -0.15) is 13.2 Å². The van der Waals surface area contributed by atoms with Crippen LogP contribution in [0.4, 0.5) is 13.2 Å². The molecule has 0 radical (unpaired) electrons. The molecular weight excluding hydrogens is 309 g/mol. The van der Waals surface area contributed by atoms with Gasteiger partial charge in [-0.1, -0.05) is 18.2 Å². The molecule has 1 aromatic carbocycles. The van der Waals surface area contributed by atoms with E-state index in [1.165, 1.54) is 19.1 Å². The summed E-state index contributed by atoms with van der Waals surface area (Å²) in [5.74, 6) is -2.33. The van der Waals surface area contributed by atoms with Gasteiger partial charge in [0.1, 0.15) is 5.57 Å². The maximum atomic E-state index is 12.9. The molecule has 0 atom stereocenters. The molecule has 0 amide bonds. The Morgan fingerprint density at radius 3 is 2.43 bits per heavy atom. The Labute approximate surface area is 124 Å². The molecule has 0 saturated heterocycles. The Morgan fingerprint density at radius 1 is 1.29 bits per heavy atom. The van der Waals surface area contributed by atoms with Gasteiger partial charge in [-0.15, -0.1) is 11.6 Å². The van der Waals surface area contributed by atoms with E-state index in [4.69, 9.17) is 11.6 Å². The van der Waals surface area contributed by atoms with Crippen LogP contribution in [0.1, 0.15) is 18.1 Å². The average molecular weight is 321 g/mol. The summed E-state index contributed by atoms with van der Waals surface area (Å²) >= 11 is 5.37. The predicted octanol–water partition coefficient (Wildman–Crippen LogP) is 3.46. The number of carbonyl (C=O) groups is 2. The number of alkyl halides is 4. The predicted molar refractivity (Wildman–Crippen MR) is 71.8 cm³/mol. The van der Waals surface area contributed by atoms with Gasteiger partial charge >= 0.3 is 12.1 Å². The van der Waals surface area contributed by atoms with Crippen LogP contribution in [0, 0.1) is 0 Å². The van der Waals surface area contributed by atoms with Crippen molar-refractivity contribution in [1.29, 1.82) is 0 Å². The molecule has 1 aromatic rings. The van der Waals surface area contributed by atoms with E-state index in [0.717, 1.165) is 18.2 Å². The summed E-state index contributed by atoms with van der Waals surface area (Å²) in [4.78, 5) is 23.3. The van der Waals surface area contributed by atoms with Gasteiger partial charge in [0.15, 0.2) is 5.78 Å². The fourth-order valence-corrected chi connectivity index (χ4v) is 1.71. The van der Waals surface area contributed by atoms with Gasteiger partial charge in [0.2, 0.25) is 0 Å². The van der Waals surface area contributed by atoms with Crippen LogP contribution in [0.5, 0.6) is 0 Å². The van der Waals surface area contributed by atoms with Gasteiger partial charge in [-0.05, 0) is 24.6 Å². The largest absolute Gasteiger partial charge is 0.462 e. The molecule has 0 heterocycles. The van der Waals surface area contributed by atoms with Gasteiger partial charge in [-0.25, -0.2) is 4.79 Å². The van der Waals surface area contributed by atoms with E-state index in [1.54, 1.807) is 0 Å². The molecule has 0 aliphatic heterocycles. The summed E-state index contributed by atoms with van der Waals surface area (Å²) in [6.07, 6.45) is -3.75. The molecule has 0 fully saturated rings. The minimum absolute atomic E-state index is 0.00729. The van der Waals surface area contributed by atoms with Crippen molar-refractivity contribution in [1.82, 2.24) is 0 Å². The molecule has 3 nitrogen and oxygen atoms in total. The first-order chi connectivity index (χ1) is 9.81. The number of carbonyl (C=O) groups excluding carboxylic acids is 2. The number of rotatable bonds is 5. The van der Waals surface area contributed by atoms with Crippen molar-refractivity contribution < 1.29 is 27.5 Å². The highest BCUT2D eigenvalue weighted by Crippen LogP contribution is 2.32. The smallest absolute Gasteiger partial charge is 0.416 e. The fourth-order valence-electron chi connectivity index (χ4n) is 1.57. The topological polar surface area (TPSA) is 43.4 Å². The zero-order valence-electron chi connectivity index (χ0n) is 11.0. The molecule has 0 N–H and O–H groups in total. The van der Waals surface area contributed by atoms with Crippen LogP contribution in [0.3, 0.4) is 0 Å². The van der Waals surface area contributed by atoms with Crippen molar-refractivity contribution in [3.05, 3.63) is 41.0 Å². The van der Waals surface area contributed by atoms with Gasteiger partial charge in [0.05, 0.1) is 18.1 Å². The van der Waals surface area contributed by atoms with Crippen LogP contribution < -0.4 is 0 Å². The molecule has 0 aliphatic rings. The van der Waals surface area contributed by atoms with Crippen LogP contribution >= 0.6 is 11.6 Å². The molecule has 0 saturated carbocycles. The quantitative estimate of drug-likeness (QED) is 0.274. The first kappa shape index (κ1) is 17.2. The molecular formula is C14H12ClF3O3. The lowest BCUT2D eigenvalue weighted by Gasteiger charge is -2.11. The van der Waals surface area contributed by atoms with Crippen LogP contribution in [0.25, 0.3) is 6.08 Å². The number of hydrogen-bond donors (Lipinski definition) is 0. The standard InChI is InChI=1S/C14H12ClF3O3/c1-2-21-13(20)10(12(19)8-15)7-9-5-3-4-6-11(9)14(16,17)18/h3-7H,2,8H2,1H3/b10-7+. The molecule has 0 spiro atoms. The van der Waals surface area contributed by atoms with E-state index in [9.17, 15) is 22.8 Å². The fraction of sp³-hybridized carbons (Fsp3) is 0.286. The zero-order chi connectivity index (χ0) is 16.0. The number of ketones is 1. The van der Waals surface area contributed by atoms with E-state index in [1.807, 2.05) is 0 Å². The molecule has 114 valence electrons. The molecule has 7 heteroatoms. The SMILES string of the molecule is CCOC(=O)/C(=C/c1ccccc1C(F)(F)F)C(=O)CCl. The highest BCUT2D eigenvalue weighted by molar-refractivity contribution is 6.35. The number of esters is 1. The summed E-state index contributed by atoms with van der Waals surface area (Å²) in [6, 6.07) is 4.60. The van der Waals surface area contributed by atoms with Crippen molar-refractivity contribution in [2.75, 3.05) is 12.5 Å². The maximum absolute atomic E-state index is 12.9. The molecule has 0 bridgehead atoms. The second-order valence-electron chi connectivity index (χ2n) is 3.92. The van der Waals surface area contributed by atoms with E-state index in [2.05, 4.69) is 4.74 Å². The number of ether oxygens (including phenoxy) is 1. The van der Waals surface area contributed by atoms with Crippen LogP contribution in [-0.2, 0) is 20.5 Å². The second-order valence-corrected chi connectivity index (χ2v) is 4.19. The van der Waals surface area contributed by atoms with Crippen molar-refractivity contribution in [2.45, 2.75) is 13.1 Å². The van der Waals surface area contributed by atoms with Gasteiger partial charge in [0, 0.05) is 0 Å². The van der Waals surface area contributed by atoms with Crippen molar-refractivity contribution in [2.24, 2.45) is 0 Å². The Hall–Kier alpha value is -1.82. The Morgan fingerprint density at radius 2 is 1.90 bits per heavy atom. The van der Waals surface area contributed by atoms with Crippen molar-refractivity contribution in [3.8, 4) is 0 Å². The summed E-state index contributed by atoms with van der Waals surface area (Å²) in [6.45, 7) is 1.51. The Bertz CT molecular complexity index is 565. The maximum Gasteiger partial charge on any atom is 0.416 e. The molecule has 0 aliphatic carbocycles. The lowest BCUT2D eigenvalue weighted by atomic mass is 10.0. The third kappa shape index (κ3) is 4.60. The first-order valence-corrected chi connectivity index (χ1v) is 6.49. The Balaban J connectivity index is 3.35. The van der Waals surface area contributed by atoms with E-state index in [-0.39, 0.29) is 12.2 Å².